The lowest BCUT2D eigenvalue weighted by molar-refractivity contribution is 0.801. The van der Waals surface area contributed by atoms with Gasteiger partial charge in [0.2, 0.25) is 0 Å². The summed E-state index contributed by atoms with van der Waals surface area (Å²) in [6.07, 6.45) is 6.53. The third-order valence-electron chi connectivity index (χ3n) is 3.00. The van der Waals surface area contributed by atoms with Gasteiger partial charge in [-0.25, -0.2) is 0 Å². The summed E-state index contributed by atoms with van der Waals surface area (Å²) < 4.78 is 1.68. The molecule has 0 aliphatic carbocycles. The first-order valence-electron chi connectivity index (χ1n) is 6.78. The molecule has 0 amide bonds. The Kier molecular flexibility index (Phi) is 4.58. The summed E-state index contributed by atoms with van der Waals surface area (Å²) in [6.45, 7) is 0. The van der Waals surface area contributed by atoms with Gasteiger partial charge in [-0.1, -0.05) is 24.3 Å². The summed E-state index contributed by atoms with van der Waals surface area (Å²) in [5.41, 5.74) is 4.57. The molecule has 114 valence electrons. The SMILES string of the molecule is O=c1c(Br)c(NN=Cc2cccnc2)cnn1-c1ccccc1. The van der Waals surface area contributed by atoms with Crippen molar-refractivity contribution >= 4 is 27.8 Å². The van der Waals surface area contributed by atoms with Crippen LogP contribution in [0.4, 0.5) is 5.69 Å². The van der Waals surface area contributed by atoms with Crippen molar-refractivity contribution in [2.45, 2.75) is 0 Å². The number of pyridine rings is 1. The van der Waals surface area contributed by atoms with Crippen LogP contribution in [0.3, 0.4) is 0 Å². The van der Waals surface area contributed by atoms with Crippen LogP contribution in [0.2, 0.25) is 0 Å². The maximum absolute atomic E-state index is 12.4. The number of anilines is 1. The zero-order valence-corrected chi connectivity index (χ0v) is 13.5. The van der Waals surface area contributed by atoms with Gasteiger partial charge < -0.3 is 0 Å². The Bertz CT molecular complexity index is 878. The van der Waals surface area contributed by atoms with Crippen LogP contribution >= 0.6 is 15.9 Å². The van der Waals surface area contributed by atoms with E-state index in [2.05, 4.69) is 36.5 Å². The lowest BCUT2D eigenvalue weighted by atomic mass is 10.3. The second-order valence-electron chi connectivity index (χ2n) is 4.58. The monoisotopic (exact) mass is 369 g/mol. The van der Waals surface area contributed by atoms with Crippen LogP contribution in [0.25, 0.3) is 5.69 Å². The molecule has 23 heavy (non-hydrogen) atoms. The van der Waals surface area contributed by atoms with Gasteiger partial charge in [0.05, 0.1) is 23.8 Å². The minimum Gasteiger partial charge on any atom is -0.275 e. The first kappa shape index (κ1) is 15.1. The molecule has 0 bridgehead atoms. The lowest BCUT2D eigenvalue weighted by Gasteiger charge is -2.07. The van der Waals surface area contributed by atoms with E-state index in [0.29, 0.717) is 15.8 Å². The van der Waals surface area contributed by atoms with E-state index in [1.54, 1.807) is 24.8 Å². The zero-order chi connectivity index (χ0) is 16.1. The van der Waals surface area contributed by atoms with Crippen molar-refractivity contribution < 1.29 is 0 Å². The second kappa shape index (κ2) is 6.97. The fraction of sp³-hybridized carbons (Fsp3) is 0. The van der Waals surface area contributed by atoms with Gasteiger partial charge >= 0.3 is 0 Å². The van der Waals surface area contributed by atoms with Crippen LogP contribution < -0.4 is 11.0 Å². The number of rotatable bonds is 4. The number of nitrogens with one attached hydrogen (secondary N) is 1. The highest BCUT2D eigenvalue weighted by molar-refractivity contribution is 9.10. The number of hydrogen-bond donors (Lipinski definition) is 1. The van der Waals surface area contributed by atoms with Crippen molar-refractivity contribution in [1.82, 2.24) is 14.8 Å². The van der Waals surface area contributed by atoms with Crippen LogP contribution in [0.1, 0.15) is 5.56 Å². The lowest BCUT2D eigenvalue weighted by Crippen LogP contribution is -2.22. The van der Waals surface area contributed by atoms with Gasteiger partial charge in [-0.2, -0.15) is 14.9 Å². The summed E-state index contributed by atoms with van der Waals surface area (Å²) in [5.74, 6) is 0. The quantitative estimate of drug-likeness (QED) is 0.566. The van der Waals surface area contributed by atoms with Gasteiger partial charge in [-0.05, 0) is 34.1 Å². The average molecular weight is 370 g/mol. The number of halogens is 1. The summed E-state index contributed by atoms with van der Waals surface area (Å²) in [6, 6.07) is 12.9. The summed E-state index contributed by atoms with van der Waals surface area (Å²) >= 11 is 3.29. The van der Waals surface area contributed by atoms with Crippen molar-refractivity contribution in [3.63, 3.8) is 0 Å². The summed E-state index contributed by atoms with van der Waals surface area (Å²) in [7, 11) is 0. The third-order valence-corrected chi connectivity index (χ3v) is 3.77. The zero-order valence-electron chi connectivity index (χ0n) is 11.9. The molecule has 1 aromatic carbocycles. The molecule has 1 N–H and O–H groups in total. The standard InChI is InChI=1S/C16H12BrN5O/c17-15-14(21-19-10-12-5-4-8-18-9-12)11-20-22(16(15)23)13-6-2-1-3-7-13/h1-11,21H. The normalized spacial score (nSPS) is 10.8. The number of para-hydroxylation sites is 1. The molecule has 0 aliphatic heterocycles. The maximum Gasteiger partial charge on any atom is 0.287 e. The van der Waals surface area contributed by atoms with E-state index in [0.717, 1.165) is 5.56 Å². The predicted molar refractivity (Wildman–Crippen MR) is 93.0 cm³/mol. The van der Waals surface area contributed by atoms with Gasteiger partial charge in [-0.15, -0.1) is 0 Å². The van der Waals surface area contributed by atoms with Crippen LogP contribution in [0, 0.1) is 0 Å². The van der Waals surface area contributed by atoms with Gasteiger partial charge in [0, 0.05) is 18.0 Å². The van der Waals surface area contributed by atoms with E-state index < -0.39 is 0 Å². The number of hydrazone groups is 1. The molecule has 2 heterocycles. The third kappa shape index (κ3) is 3.51. The van der Waals surface area contributed by atoms with Crippen LogP contribution in [0.15, 0.2) is 75.4 Å². The first-order chi connectivity index (χ1) is 11.3. The van der Waals surface area contributed by atoms with Crippen LogP contribution in [-0.4, -0.2) is 21.0 Å². The number of nitrogens with zero attached hydrogens (tertiary/aromatic N) is 4. The molecule has 3 aromatic rings. The molecule has 0 atom stereocenters. The van der Waals surface area contributed by atoms with Crippen LogP contribution in [0.5, 0.6) is 0 Å². The Morgan fingerprint density at radius 1 is 1.13 bits per heavy atom. The largest absolute Gasteiger partial charge is 0.287 e. The number of hydrogen-bond acceptors (Lipinski definition) is 5. The minimum atomic E-state index is -0.266. The highest BCUT2D eigenvalue weighted by Gasteiger charge is 2.09. The van der Waals surface area contributed by atoms with Gasteiger partial charge in [0.25, 0.3) is 5.56 Å². The molecule has 7 heteroatoms. The predicted octanol–water partition coefficient (Wildman–Crippen LogP) is 2.84. The number of aromatic nitrogens is 3. The molecular weight excluding hydrogens is 358 g/mol. The fourth-order valence-electron chi connectivity index (χ4n) is 1.89. The molecule has 3 rings (SSSR count). The van der Waals surface area contributed by atoms with Crippen molar-refractivity contribution in [1.29, 1.82) is 0 Å². The van der Waals surface area contributed by atoms with E-state index in [4.69, 9.17) is 0 Å². The Morgan fingerprint density at radius 3 is 2.70 bits per heavy atom. The van der Waals surface area contributed by atoms with E-state index in [1.807, 2.05) is 42.5 Å². The number of benzene rings is 1. The molecule has 6 nitrogen and oxygen atoms in total. The van der Waals surface area contributed by atoms with E-state index in [9.17, 15) is 4.79 Å². The van der Waals surface area contributed by atoms with Gasteiger partial charge in [-0.3, -0.25) is 15.2 Å². The molecule has 0 aliphatic rings. The first-order valence-corrected chi connectivity index (χ1v) is 7.57. The Morgan fingerprint density at radius 2 is 1.96 bits per heavy atom. The van der Waals surface area contributed by atoms with Crippen molar-refractivity contribution in [3.05, 3.63) is 81.4 Å². The summed E-state index contributed by atoms with van der Waals surface area (Å²) in [4.78, 5) is 16.4. The second-order valence-corrected chi connectivity index (χ2v) is 5.37. The Labute approximate surface area is 140 Å². The highest BCUT2D eigenvalue weighted by Crippen LogP contribution is 2.17. The van der Waals surface area contributed by atoms with Crippen LogP contribution in [-0.2, 0) is 0 Å². The van der Waals surface area contributed by atoms with Crippen molar-refractivity contribution in [3.8, 4) is 5.69 Å². The smallest absolute Gasteiger partial charge is 0.275 e. The van der Waals surface area contributed by atoms with Crippen molar-refractivity contribution in [2.24, 2.45) is 5.10 Å². The molecule has 0 spiro atoms. The minimum absolute atomic E-state index is 0.266. The fourth-order valence-corrected chi connectivity index (χ4v) is 2.25. The van der Waals surface area contributed by atoms with Gasteiger partial charge in [0.15, 0.2) is 0 Å². The summed E-state index contributed by atoms with van der Waals surface area (Å²) in [5, 5.41) is 8.24. The van der Waals surface area contributed by atoms with E-state index in [-0.39, 0.29) is 5.56 Å². The molecule has 0 fully saturated rings. The molecule has 2 aromatic heterocycles. The molecule has 0 saturated carbocycles. The van der Waals surface area contributed by atoms with Gasteiger partial charge in [0.1, 0.15) is 4.47 Å². The Hall–Kier alpha value is -2.80. The molecule has 0 radical (unpaired) electrons. The molecule has 0 unspecified atom stereocenters. The van der Waals surface area contributed by atoms with Crippen molar-refractivity contribution in [2.75, 3.05) is 5.43 Å². The van der Waals surface area contributed by atoms with E-state index >= 15 is 0 Å². The average Bonchev–Trinajstić information content (AvgIpc) is 2.60. The maximum atomic E-state index is 12.4. The molecular formula is C16H12BrN5O. The van der Waals surface area contributed by atoms with E-state index in [1.165, 1.54) is 4.68 Å². The highest BCUT2D eigenvalue weighted by atomic mass is 79.9. The Balaban J connectivity index is 1.84. The topological polar surface area (TPSA) is 72.2 Å². The molecule has 0 saturated heterocycles.